The highest BCUT2D eigenvalue weighted by Crippen LogP contribution is 2.30. The van der Waals surface area contributed by atoms with Gasteiger partial charge in [-0.1, -0.05) is 32.3 Å². The van der Waals surface area contributed by atoms with Gasteiger partial charge in [-0.3, -0.25) is 14.9 Å². The molecule has 6 heteroatoms. The fraction of sp³-hybridized carbons (Fsp3) is 0.533. The Balaban J connectivity index is 2.03. The zero-order chi connectivity index (χ0) is 15.4. The number of rotatable bonds is 4. The Hall–Kier alpha value is -1.43. The summed E-state index contributed by atoms with van der Waals surface area (Å²) in [5.41, 5.74) is 0.223. The topological polar surface area (TPSA) is 72.2 Å². The second kappa shape index (κ2) is 7.02. The Labute approximate surface area is 132 Å². The molecule has 1 aromatic rings. The Bertz CT molecular complexity index is 548. The van der Waals surface area contributed by atoms with Crippen molar-refractivity contribution in [2.45, 2.75) is 32.6 Å². The first-order valence-electron chi connectivity index (χ1n) is 7.21. The minimum absolute atomic E-state index is 0.0892. The second-order valence-corrected chi connectivity index (χ2v) is 6.42. The predicted octanol–water partition coefficient (Wildman–Crippen LogP) is 3.91. The summed E-state index contributed by atoms with van der Waals surface area (Å²) >= 11 is 3.16. The van der Waals surface area contributed by atoms with Gasteiger partial charge in [0.15, 0.2) is 0 Å². The zero-order valence-electron chi connectivity index (χ0n) is 12.0. The van der Waals surface area contributed by atoms with Crippen LogP contribution in [-0.2, 0) is 0 Å². The largest absolute Gasteiger partial charge is 0.352 e. The van der Waals surface area contributed by atoms with Crippen LogP contribution in [0.5, 0.6) is 0 Å². The molecule has 0 saturated heterocycles. The predicted molar refractivity (Wildman–Crippen MR) is 84.3 cm³/mol. The summed E-state index contributed by atoms with van der Waals surface area (Å²) in [4.78, 5) is 22.6. The molecule has 1 N–H and O–H groups in total. The number of nitrogens with zero attached hydrogens (tertiary/aromatic N) is 1. The second-order valence-electron chi connectivity index (χ2n) is 5.63. The summed E-state index contributed by atoms with van der Waals surface area (Å²) in [6.07, 6.45) is 4.83. The van der Waals surface area contributed by atoms with Crippen LogP contribution in [0.15, 0.2) is 22.7 Å². The molecule has 21 heavy (non-hydrogen) atoms. The molecule has 1 fully saturated rings. The maximum absolute atomic E-state index is 12.2. The molecule has 0 radical (unpaired) electrons. The molecule has 5 nitrogen and oxygen atoms in total. The summed E-state index contributed by atoms with van der Waals surface area (Å²) < 4.78 is 0.240. The summed E-state index contributed by atoms with van der Waals surface area (Å²) in [5.74, 6) is 0.858. The minimum atomic E-state index is -0.496. The number of nitro groups is 1. The van der Waals surface area contributed by atoms with Crippen LogP contribution in [0.4, 0.5) is 5.69 Å². The Morgan fingerprint density at radius 2 is 2.14 bits per heavy atom. The van der Waals surface area contributed by atoms with Crippen LogP contribution in [0.3, 0.4) is 0 Å². The van der Waals surface area contributed by atoms with Gasteiger partial charge in [0.05, 0.1) is 10.5 Å². The van der Waals surface area contributed by atoms with Gasteiger partial charge in [-0.15, -0.1) is 0 Å². The lowest BCUT2D eigenvalue weighted by molar-refractivity contribution is -0.385. The van der Waals surface area contributed by atoms with Crippen molar-refractivity contribution in [2.75, 3.05) is 6.54 Å². The van der Waals surface area contributed by atoms with Gasteiger partial charge in [-0.2, -0.15) is 0 Å². The van der Waals surface area contributed by atoms with Crippen LogP contribution in [0.1, 0.15) is 43.0 Å². The third-order valence-corrected chi connectivity index (χ3v) is 5.07. The van der Waals surface area contributed by atoms with E-state index in [1.54, 1.807) is 6.07 Å². The average molecular weight is 355 g/mol. The van der Waals surface area contributed by atoms with E-state index < -0.39 is 4.92 Å². The lowest BCUT2D eigenvalue weighted by Crippen LogP contribution is -2.33. The Morgan fingerprint density at radius 3 is 2.81 bits per heavy atom. The monoisotopic (exact) mass is 354 g/mol. The van der Waals surface area contributed by atoms with Crippen molar-refractivity contribution >= 4 is 27.5 Å². The number of nitro benzene ring substituents is 1. The van der Waals surface area contributed by atoms with Gasteiger partial charge >= 0.3 is 0 Å². The molecule has 2 rings (SSSR count). The number of hydrogen-bond donors (Lipinski definition) is 1. The van der Waals surface area contributed by atoms with Crippen molar-refractivity contribution in [1.29, 1.82) is 0 Å². The molecule has 2 unspecified atom stereocenters. The van der Waals surface area contributed by atoms with Crippen molar-refractivity contribution in [2.24, 2.45) is 11.8 Å². The fourth-order valence-corrected chi connectivity index (χ4v) is 3.44. The van der Waals surface area contributed by atoms with Crippen LogP contribution in [0.2, 0.25) is 0 Å². The third-order valence-electron chi connectivity index (χ3n) is 4.23. The van der Waals surface area contributed by atoms with Crippen molar-refractivity contribution in [3.63, 3.8) is 0 Å². The van der Waals surface area contributed by atoms with Gasteiger partial charge in [0.25, 0.3) is 11.6 Å². The number of halogens is 1. The molecular weight excluding hydrogens is 336 g/mol. The van der Waals surface area contributed by atoms with Gasteiger partial charge in [0, 0.05) is 12.6 Å². The highest BCUT2D eigenvalue weighted by atomic mass is 79.9. The molecule has 0 aromatic heterocycles. The summed E-state index contributed by atoms with van der Waals surface area (Å²) in [6.45, 7) is 2.86. The first kappa shape index (κ1) is 15.9. The third kappa shape index (κ3) is 3.81. The summed E-state index contributed by atoms with van der Waals surface area (Å²) in [6, 6.07) is 4.50. The zero-order valence-corrected chi connectivity index (χ0v) is 13.6. The van der Waals surface area contributed by atoms with E-state index in [4.69, 9.17) is 0 Å². The molecule has 0 aliphatic heterocycles. The normalized spacial score (nSPS) is 21.8. The van der Waals surface area contributed by atoms with E-state index in [-0.39, 0.29) is 16.1 Å². The first-order valence-corrected chi connectivity index (χ1v) is 8.01. The van der Waals surface area contributed by atoms with Crippen molar-refractivity contribution in [3.05, 3.63) is 38.3 Å². The molecule has 114 valence electrons. The van der Waals surface area contributed by atoms with E-state index in [9.17, 15) is 14.9 Å². The molecule has 1 saturated carbocycles. The maximum Gasteiger partial charge on any atom is 0.284 e. The number of benzene rings is 1. The van der Waals surface area contributed by atoms with Gasteiger partial charge in [0.2, 0.25) is 0 Å². The van der Waals surface area contributed by atoms with Crippen LogP contribution in [0.25, 0.3) is 0 Å². The van der Waals surface area contributed by atoms with Gasteiger partial charge in [-0.25, -0.2) is 0 Å². The molecule has 0 heterocycles. The van der Waals surface area contributed by atoms with Crippen molar-refractivity contribution in [3.8, 4) is 0 Å². The number of carbonyl (C=O) groups excluding carboxylic acids is 1. The van der Waals surface area contributed by atoms with E-state index in [1.807, 2.05) is 0 Å². The highest BCUT2D eigenvalue weighted by molar-refractivity contribution is 9.10. The average Bonchev–Trinajstić information content (AvgIpc) is 2.46. The van der Waals surface area contributed by atoms with Gasteiger partial charge in [0.1, 0.15) is 4.47 Å². The summed E-state index contributed by atoms with van der Waals surface area (Å²) in [7, 11) is 0. The molecule has 1 aromatic carbocycles. The molecule has 0 bridgehead atoms. The van der Waals surface area contributed by atoms with E-state index in [0.29, 0.717) is 23.9 Å². The first-order chi connectivity index (χ1) is 10.0. The highest BCUT2D eigenvalue weighted by Gasteiger charge is 2.23. The van der Waals surface area contributed by atoms with Crippen LogP contribution < -0.4 is 5.32 Å². The number of hydrogen-bond acceptors (Lipinski definition) is 3. The van der Waals surface area contributed by atoms with E-state index in [0.717, 1.165) is 6.42 Å². The van der Waals surface area contributed by atoms with E-state index >= 15 is 0 Å². The number of nitrogens with one attached hydrogen (secondary N) is 1. The molecule has 1 aliphatic carbocycles. The Morgan fingerprint density at radius 1 is 1.43 bits per heavy atom. The van der Waals surface area contributed by atoms with Crippen LogP contribution in [-0.4, -0.2) is 17.4 Å². The Kier molecular flexibility index (Phi) is 5.33. The summed E-state index contributed by atoms with van der Waals surface area (Å²) in [5, 5.41) is 13.8. The van der Waals surface area contributed by atoms with Gasteiger partial charge < -0.3 is 5.32 Å². The maximum atomic E-state index is 12.2. The lowest BCUT2D eigenvalue weighted by atomic mass is 9.80. The quantitative estimate of drug-likeness (QED) is 0.657. The lowest BCUT2D eigenvalue weighted by Gasteiger charge is -2.28. The molecule has 0 spiro atoms. The number of carbonyl (C=O) groups is 1. The molecular formula is C15H19BrN2O3. The fourth-order valence-electron chi connectivity index (χ4n) is 2.85. The smallest absolute Gasteiger partial charge is 0.284 e. The van der Waals surface area contributed by atoms with Crippen molar-refractivity contribution in [1.82, 2.24) is 5.32 Å². The minimum Gasteiger partial charge on any atom is -0.352 e. The van der Waals surface area contributed by atoms with Crippen LogP contribution in [0, 0.1) is 22.0 Å². The SMILES string of the molecule is CC1CCCCC1CNC(=O)c1cccc([N+](=O)[O-])c1Br. The standard InChI is InChI=1S/C15H19BrN2O3/c1-10-5-2-3-6-11(10)9-17-15(19)12-7-4-8-13(14(12)16)18(20)21/h4,7-8,10-11H,2-3,5-6,9H2,1H3,(H,17,19). The van der Waals surface area contributed by atoms with E-state index in [2.05, 4.69) is 28.2 Å². The number of amides is 1. The molecule has 1 amide bonds. The van der Waals surface area contributed by atoms with E-state index in [1.165, 1.54) is 31.4 Å². The van der Waals surface area contributed by atoms with Crippen molar-refractivity contribution < 1.29 is 9.72 Å². The molecule has 2 atom stereocenters. The molecule has 1 aliphatic rings. The van der Waals surface area contributed by atoms with Crippen LogP contribution >= 0.6 is 15.9 Å². The van der Waals surface area contributed by atoms with Gasteiger partial charge in [-0.05, 0) is 40.3 Å².